The van der Waals surface area contributed by atoms with Crippen LogP contribution < -0.4 is 4.90 Å². The van der Waals surface area contributed by atoms with E-state index in [0.717, 1.165) is 0 Å². The van der Waals surface area contributed by atoms with Crippen molar-refractivity contribution in [1.29, 1.82) is 0 Å². The fraction of sp³-hybridized carbons (Fsp3) is 0.538. The molecule has 0 amide bonds. The summed E-state index contributed by atoms with van der Waals surface area (Å²) in [6.07, 6.45) is 2.34. The Morgan fingerprint density at radius 3 is 2.33 bits per heavy atom. The first-order valence-corrected chi connectivity index (χ1v) is 6.14. The Balaban J connectivity index is 2.93. The highest BCUT2D eigenvalue weighted by molar-refractivity contribution is 6.17. The van der Waals surface area contributed by atoms with Gasteiger partial charge in [-0.2, -0.15) is 0 Å². The van der Waals surface area contributed by atoms with E-state index in [2.05, 4.69) is 44.0 Å². The molecule has 0 radical (unpaired) electrons. The number of hydrogen-bond acceptors (Lipinski definition) is 1. The van der Waals surface area contributed by atoms with Gasteiger partial charge in [0.25, 0.3) is 0 Å². The summed E-state index contributed by atoms with van der Waals surface area (Å²) in [5.74, 6) is 0.584. The third-order valence-corrected chi connectivity index (χ3v) is 3.29. The summed E-state index contributed by atoms with van der Waals surface area (Å²) in [6.45, 7) is 4.46. The second-order valence-electron chi connectivity index (χ2n) is 3.84. The molecule has 1 nitrogen and oxygen atoms in total. The molecule has 0 atom stereocenters. The smallest absolute Gasteiger partial charge is 0.0494 e. The number of alkyl halides is 1. The molecule has 0 saturated heterocycles. The van der Waals surface area contributed by atoms with Crippen LogP contribution >= 0.6 is 11.6 Å². The maximum Gasteiger partial charge on any atom is 0.0494 e. The fourth-order valence-electron chi connectivity index (χ4n) is 2.00. The van der Waals surface area contributed by atoms with Gasteiger partial charge in [0.05, 0.1) is 0 Å². The average molecular weight is 226 g/mol. The summed E-state index contributed by atoms with van der Waals surface area (Å²) in [6, 6.07) is 8.97. The molecule has 0 unspecified atom stereocenters. The second kappa shape index (κ2) is 6.02. The second-order valence-corrected chi connectivity index (χ2v) is 4.11. The van der Waals surface area contributed by atoms with Crippen molar-refractivity contribution in [3.63, 3.8) is 0 Å². The van der Waals surface area contributed by atoms with Crippen LogP contribution in [0.5, 0.6) is 0 Å². The number of rotatable bonds is 5. The van der Waals surface area contributed by atoms with Crippen LogP contribution in [0, 0.1) is 0 Å². The van der Waals surface area contributed by atoms with Gasteiger partial charge in [-0.3, -0.25) is 0 Å². The molecule has 0 aliphatic carbocycles. The number of nitrogens with zero attached hydrogens (tertiary/aromatic N) is 1. The zero-order valence-electron chi connectivity index (χ0n) is 9.83. The third kappa shape index (κ3) is 2.88. The van der Waals surface area contributed by atoms with Crippen molar-refractivity contribution < 1.29 is 0 Å². The maximum absolute atomic E-state index is 5.94. The van der Waals surface area contributed by atoms with Crippen molar-refractivity contribution in [1.82, 2.24) is 0 Å². The molecule has 0 aromatic heterocycles. The van der Waals surface area contributed by atoms with E-state index in [1.807, 2.05) is 6.07 Å². The highest BCUT2D eigenvalue weighted by Gasteiger charge is 2.13. The Kier molecular flexibility index (Phi) is 4.97. The molecule has 0 aliphatic heterocycles. The first kappa shape index (κ1) is 12.4. The minimum atomic E-state index is 0.584. The largest absolute Gasteiger partial charge is 0.371 e. The van der Waals surface area contributed by atoms with E-state index in [4.69, 9.17) is 11.6 Å². The van der Waals surface area contributed by atoms with Gasteiger partial charge in [0.2, 0.25) is 0 Å². The monoisotopic (exact) mass is 225 g/mol. The van der Waals surface area contributed by atoms with Crippen molar-refractivity contribution in [2.75, 3.05) is 11.9 Å². The summed E-state index contributed by atoms with van der Waals surface area (Å²) in [5.41, 5.74) is 2.48. The van der Waals surface area contributed by atoms with Crippen LogP contribution in [0.1, 0.15) is 32.3 Å². The third-order valence-electron chi connectivity index (χ3n) is 3.01. The molecule has 0 saturated carbocycles. The van der Waals surface area contributed by atoms with Gasteiger partial charge in [-0.15, -0.1) is 11.6 Å². The predicted molar refractivity (Wildman–Crippen MR) is 68.8 cm³/mol. The van der Waals surface area contributed by atoms with Gasteiger partial charge in [-0.1, -0.05) is 32.0 Å². The highest BCUT2D eigenvalue weighted by Crippen LogP contribution is 2.24. The lowest BCUT2D eigenvalue weighted by atomic mass is 10.1. The molecule has 1 rings (SSSR count). The van der Waals surface area contributed by atoms with E-state index in [0.29, 0.717) is 11.9 Å². The molecule has 15 heavy (non-hydrogen) atoms. The number of halogens is 1. The van der Waals surface area contributed by atoms with Crippen LogP contribution in [0.15, 0.2) is 24.3 Å². The van der Waals surface area contributed by atoms with Crippen LogP contribution in [0.25, 0.3) is 0 Å². The van der Waals surface area contributed by atoms with E-state index >= 15 is 0 Å². The molecule has 0 heterocycles. The van der Waals surface area contributed by atoms with Crippen LogP contribution in [0.3, 0.4) is 0 Å². The van der Waals surface area contributed by atoms with Crippen molar-refractivity contribution in [3.8, 4) is 0 Å². The van der Waals surface area contributed by atoms with Crippen molar-refractivity contribution >= 4 is 17.3 Å². The van der Waals surface area contributed by atoms with Crippen LogP contribution in [-0.2, 0) is 5.88 Å². The summed E-state index contributed by atoms with van der Waals surface area (Å²) in [7, 11) is 2.16. The van der Waals surface area contributed by atoms with Gasteiger partial charge in [0, 0.05) is 24.7 Å². The van der Waals surface area contributed by atoms with Crippen LogP contribution in [0.4, 0.5) is 5.69 Å². The summed E-state index contributed by atoms with van der Waals surface area (Å²) < 4.78 is 0. The Morgan fingerprint density at radius 1 is 1.20 bits per heavy atom. The van der Waals surface area contributed by atoms with Gasteiger partial charge in [-0.05, 0) is 24.5 Å². The predicted octanol–water partition coefficient (Wildman–Crippen LogP) is 4.05. The zero-order valence-corrected chi connectivity index (χ0v) is 10.6. The minimum Gasteiger partial charge on any atom is -0.371 e. The summed E-state index contributed by atoms with van der Waals surface area (Å²) in [4.78, 5) is 2.34. The average Bonchev–Trinajstić information content (AvgIpc) is 2.30. The molecule has 0 bridgehead atoms. The first-order chi connectivity index (χ1) is 7.24. The molecule has 1 aromatic carbocycles. The lowest BCUT2D eigenvalue weighted by Crippen LogP contribution is -2.30. The highest BCUT2D eigenvalue weighted by atomic mass is 35.5. The zero-order chi connectivity index (χ0) is 11.3. The Morgan fingerprint density at radius 2 is 1.80 bits per heavy atom. The summed E-state index contributed by atoms with van der Waals surface area (Å²) >= 11 is 5.94. The number of hydrogen-bond donors (Lipinski definition) is 0. The van der Waals surface area contributed by atoms with E-state index in [1.54, 1.807) is 0 Å². The topological polar surface area (TPSA) is 3.24 Å². The van der Waals surface area contributed by atoms with E-state index in [-0.39, 0.29) is 0 Å². The fourth-order valence-corrected chi connectivity index (χ4v) is 2.23. The first-order valence-electron chi connectivity index (χ1n) is 5.61. The van der Waals surface area contributed by atoms with Crippen LogP contribution in [0.2, 0.25) is 0 Å². The molecule has 0 aliphatic rings. The van der Waals surface area contributed by atoms with E-state index < -0.39 is 0 Å². The molecule has 1 aromatic rings. The van der Waals surface area contributed by atoms with Gasteiger partial charge < -0.3 is 4.90 Å². The quantitative estimate of drug-likeness (QED) is 0.684. The van der Waals surface area contributed by atoms with Crippen molar-refractivity contribution in [2.24, 2.45) is 0 Å². The van der Waals surface area contributed by atoms with Crippen molar-refractivity contribution in [2.45, 2.75) is 38.6 Å². The lowest BCUT2D eigenvalue weighted by Gasteiger charge is -2.30. The van der Waals surface area contributed by atoms with Crippen molar-refractivity contribution in [3.05, 3.63) is 29.8 Å². The standard InChI is InChI=1S/C13H20ClN/c1-4-12(5-2)15(3)13-9-7-6-8-11(13)10-14/h6-9,12H,4-5,10H2,1-3H3. The van der Waals surface area contributed by atoms with Gasteiger partial charge in [0.15, 0.2) is 0 Å². The molecule has 0 spiro atoms. The Hall–Kier alpha value is -0.690. The van der Waals surface area contributed by atoms with Crippen LogP contribution in [-0.4, -0.2) is 13.1 Å². The number of benzene rings is 1. The number of para-hydroxylation sites is 1. The molecule has 0 N–H and O–H groups in total. The van der Waals surface area contributed by atoms with Gasteiger partial charge in [0.1, 0.15) is 0 Å². The lowest BCUT2D eigenvalue weighted by molar-refractivity contribution is 0.590. The minimum absolute atomic E-state index is 0.584. The normalized spacial score (nSPS) is 10.7. The molecule has 2 heteroatoms. The molecular formula is C13H20ClN. The molecular weight excluding hydrogens is 206 g/mol. The van der Waals surface area contributed by atoms with E-state index in [9.17, 15) is 0 Å². The SMILES string of the molecule is CCC(CC)N(C)c1ccccc1CCl. The maximum atomic E-state index is 5.94. The van der Waals surface area contributed by atoms with Gasteiger partial charge in [-0.25, -0.2) is 0 Å². The van der Waals surface area contributed by atoms with Gasteiger partial charge >= 0.3 is 0 Å². The summed E-state index contributed by atoms with van der Waals surface area (Å²) in [5, 5.41) is 0. The van der Waals surface area contributed by atoms with E-state index in [1.165, 1.54) is 24.1 Å². The molecule has 84 valence electrons. The molecule has 0 fully saturated rings. The Bertz CT molecular complexity index is 294. The number of anilines is 1. The Labute approximate surface area is 98.0 Å².